The van der Waals surface area contributed by atoms with Crippen molar-refractivity contribution >= 4 is 23.2 Å². The van der Waals surface area contributed by atoms with Crippen LogP contribution >= 0.6 is 23.2 Å². The molecule has 1 rings (SSSR count). The van der Waals surface area contributed by atoms with Gasteiger partial charge in [0.1, 0.15) is 0 Å². The number of nitrogens with one attached hydrogen (secondary N) is 1. The molecule has 4 heteroatoms. The van der Waals surface area contributed by atoms with Crippen molar-refractivity contribution in [3.63, 3.8) is 0 Å². The first-order valence-corrected chi connectivity index (χ1v) is 4.86. The molecule has 0 fully saturated rings. The van der Waals surface area contributed by atoms with E-state index in [0.29, 0.717) is 10.0 Å². The number of rotatable bonds is 3. The SMILES string of the molecule is CCC(NN)c1c(Cl)cccc1Cl. The molecular formula is C9H12Cl2N2. The standard InChI is InChI=1S/C9H12Cl2N2/c1-2-8(13-12)9-6(10)4-3-5-7(9)11/h3-5,8,13H,2,12H2,1H3. The topological polar surface area (TPSA) is 38.0 Å². The van der Waals surface area contributed by atoms with Gasteiger partial charge in [-0.1, -0.05) is 36.2 Å². The minimum Gasteiger partial charge on any atom is -0.271 e. The molecule has 0 bridgehead atoms. The number of hydrazine groups is 1. The maximum atomic E-state index is 6.00. The molecule has 1 unspecified atom stereocenters. The van der Waals surface area contributed by atoms with Crippen LogP contribution in [0.25, 0.3) is 0 Å². The summed E-state index contributed by atoms with van der Waals surface area (Å²) in [5, 5.41) is 1.30. The summed E-state index contributed by atoms with van der Waals surface area (Å²) in [6.07, 6.45) is 0.847. The Labute approximate surface area is 88.0 Å². The fraction of sp³-hybridized carbons (Fsp3) is 0.333. The van der Waals surface area contributed by atoms with Crippen molar-refractivity contribution in [2.45, 2.75) is 19.4 Å². The lowest BCUT2D eigenvalue weighted by Gasteiger charge is -2.16. The summed E-state index contributed by atoms with van der Waals surface area (Å²) >= 11 is 12.0. The Hall–Kier alpha value is -0.280. The molecule has 3 N–H and O–H groups in total. The van der Waals surface area contributed by atoms with Crippen LogP contribution in [0, 0.1) is 0 Å². The van der Waals surface area contributed by atoms with Gasteiger partial charge in [0.25, 0.3) is 0 Å². The molecular weight excluding hydrogens is 207 g/mol. The molecule has 72 valence electrons. The second-order valence-electron chi connectivity index (χ2n) is 2.76. The predicted octanol–water partition coefficient (Wildman–Crippen LogP) is 2.91. The van der Waals surface area contributed by atoms with Crippen molar-refractivity contribution in [2.75, 3.05) is 0 Å². The van der Waals surface area contributed by atoms with Crippen LogP contribution in [0.4, 0.5) is 0 Å². The van der Waals surface area contributed by atoms with E-state index in [-0.39, 0.29) is 6.04 Å². The Morgan fingerprint density at radius 2 is 1.92 bits per heavy atom. The van der Waals surface area contributed by atoms with Gasteiger partial charge in [-0.25, -0.2) is 0 Å². The Morgan fingerprint density at radius 1 is 1.38 bits per heavy atom. The third kappa shape index (κ3) is 2.35. The van der Waals surface area contributed by atoms with E-state index in [0.717, 1.165) is 12.0 Å². The van der Waals surface area contributed by atoms with Gasteiger partial charge in [-0.15, -0.1) is 0 Å². The van der Waals surface area contributed by atoms with Crippen LogP contribution in [0.2, 0.25) is 10.0 Å². The first-order chi connectivity index (χ1) is 6.20. The monoisotopic (exact) mass is 218 g/mol. The third-order valence-electron chi connectivity index (χ3n) is 1.96. The highest BCUT2D eigenvalue weighted by Crippen LogP contribution is 2.31. The van der Waals surface area contributed by atoms with Crippen LogP contribution in [-0.2, 0) is 0 Å². The molecule has 0 aliphatic heterocycles. The molecule has 0 saturated heterocycles. The van der Waals surface area contributed by atoms with Crippen molar-refractivity contribution in [3.8, 4) is 0 Å². The largest absolute Gasteiger partial charge is 0.271 e. The fourth-order valence-corrected chi connectivity index (χ4v) is 1.91. The lowest BCUT2D eigenvalue weighted by atomic mass is 10.1. The molecule has 0 aliphatic rings. The molecule has 1 aromatic rings. The van der Waals surface area contributed by atoms with E-state index < -0.39 is 0 Å². The van der Waals surface area contributed by atoms with Crippen LogP contribution in [0.5, 0.6) is 0 Å². The number of hydrogen-bond acceptors (Lipinski definition) is 2. The minimum absolute atomic E-state index is 0.0150. The number of nitrogens with two attached hydrogens (primary N) is 1. The highest BCUT2D eigenvalue weighted by molar-refractivity contribution is 6.36. The third-order valence-corrected chi connectivity index (χ3v) is 2.62. The van der Waals surface area contributed by atoms with E-state index >= 15 is 0 Å². The van der Waals surface area contributed by atoms with Crippen molar-refractivity contribution in [1.82, 2.24) is 5.43 Å². The molecule has 0 aliphatic carbocycles. The Balaban J connectivity index is 3.10. The Morgan fingerprint density at radius 3 is 2.31 bits per heavy atom. The second-order valence-corrected chi connectivity index (χ2v) is 3.58. The molecule has 1 aromatic carbocycles. The van der Waals surface area contributed by atoms with E-state index in [1.54, 1.807) is 0 Å². The van der Waals surface area contributed by atoms with Crippen molar-refractivity contribution in [1.29, 1.82) is 0 Å². The maximum absolute atomic E-state index is 6.00. The summed E-state index contributed by atoms with van der Waals surface area (Å²) in [4.78, 5) is 0. The highest BCUT2D eigenvalue weighted by Gasteiger charge is 2.14. The summed E-state index contributed by atoms with van der Waals surface area (Å²) in [6, 6.07) is 5.45. The van der Waals surface area contributed by atoms with Gasteiger partial charge in [0, 0.05) is 21.7 Å². The maximum Gasteiger partial charge on any atom is 0.0486 e. The van der Waals surface area contributed by atoms with Gasteiger partial charge in [-0.2, -0.15) is 0 Å². The first kappa shape index (κ1) is 10.8. The van der Waals surface area contributed by atoms with Crippen molar-refractivity contribution in [2.24, 2.45) is 5.84 Å². The Bertz CT molecular complexity index is 265. The van der Waals surface area contributed by atoms with E-state index in [4.69, 9.17) is 29.0 Å². The van der Waals surface area contributed by atoms with Crippen molar-refractivity contribution in [3.05, 3.63) is 33.8 Å². The lowest BCUT2D eigenvalue weighted by molar-refractivity contribution is 0.539. The normalized spacial score (nSPS) is 12.9. The van der Waals surface area contributed by atoms with E-state index in [1.165, 1.54) is 0 Å². The average molecular weight is 219 g/mol. The molecule has 1 atom stereocenters. The van der Waals surface area contributed by atoms with Crippen LogP contribution < -0.4 is 11.3 Å². The molecule has 13 heavy (non-hydrogen) atoms. The smallest absolute Gasteiger partial charge is 0.0486 e. The molecule has 0 spiro atoms. The predicted molar refractivity (Wildman–Crippen MR) is 56.8 cm³/mol. The van der Waals surface area contributed by atoms with Gasteiger partial charge in [0.05, 0.1) is 0 Å². The number of hydrogen-bond donors (Lipinski definition) is 2. The van der Waals surface area contributed by atoms with Gasteiger partial charge < -0.3 is 0 Å². The zero-order valence-corrected chi connectivity index (χ0v) is 8.86. The summed E-state index contributed by atoms with van der Waals surface area (Å²) in [5.74, 6) is 5.39. The average Bonchev–Trinajstić information content (AvgIpc) is 2.11. The van der Waals surface area contributed by atoms with Crippen LogP contribution in [0.15, 0.2) is 18.2 Å². The van der Waals surface area contributed by atoms with Crippen molar-refractivity contribution < 1.29 is 0 Å². The van der Waals surface area contributed by atoms with Gasteiger partial charge in [-0.3, -0.25) is 11.3 Å². The molecule has 0 saturated carbocycles. The van der Waals surface area contributed by atoms with Crippen LogP contribution in [0.3, 0.4) is 0 Å². The minimum atomic E-state index is 0.0150. The van der Waals surface area contributed by atoms with Gasteiger partial charge in [0.15, 0.2) is 0 Å². The van der Waals surface area contributed by atoms with Gasteiger partial charge in [-0.05, 0) is 18.6 Å². The summed E-state index contributed by atoms with van der Waals surface area (Å²) in [7, 11) is 0. The summed E-state index contributed by atoms with van der Waals surface area (Å²) in [6.45, 7) is 2.02. The van der Waals surface area contributed by atoms with Crippen LogP contribution in [0.1, 0.15) is 24.9 Å². The lowest BCUT2D eigenvalue weighted by Crippen LogP contribution is -2.27. The Kier molecular flexibility index (Phi) is 4.00. The van der Waals surface area contributed by atoms with E-state index in [9.17, 15) is 0 Å². The van der Waals surface area contributed by atoms with E-state index in [2.05, 4.69) is 5.43 Å². The highest BCUT2D eigenvalue weighted by atomic mass is 35.5. The van der Waals surface area contributed by atoms with Gasteiger partial charge >= 0.3 is 0 Å². The van der Waals surface area contributed by atoms with E-state index in [1.807, 2.05) is 25.1 Å². The zero-order chi connectivity index (χ0) is 9.84. The molecule has 0 aromatic heterocycles. The van der Waals surface area contributed by atoms with Gasteiger partial charge in [0.2, 0.25) is 0 Å². The first-order valence-electron chi connectivity index (χ1n) is 4.10. The fourth-order valence-electron chi connectivity index (χ4n) is 1.25. The molecule has 2 nitrogen and oxygen atoms in total. The molecule has 0 amide bonds. The molecule has 0 heterocycles. The number of halogens is 2. The number of benzene rings is 1. The zero-order valence-electron chi connectivity index (χ0n) is 7.35. The summed E-state index contributed by atoms with van der Waals surface area (Å²) < 4.78 is 0. The quantitative estimate of drug-likeness (QED) is 0.605. The second kappa shape index (κ2) is 4.82. The summed E-state index contributed by atoms with van der Waals surface area (Å²) in [5.41, 5.74) is 3.55. The van der Waals surface area contributed by atoms with Crippen LogP contribution in [-0.4, -0.2) is 0 Å². The molecule has 0 radical (unpaired) electrons.